The Morgan fingerprint density at radius 1 is 0.824 bits per heavy atom. The highest BCUT2D eigenvalue weighted by molar-refractivity contribution is 7.73. The maximum atomic E-state index is 8.56. The van der Waals surface area contributed by atoms with Gasteiger partial charge in [0.25, 0.3) is 0 Å². The molecule has 0 spiro atoms. The molecule has 17 heavy (non-hydrogen) atoms. The van der Waals surface area contributed by atoms with Crippen molar-refractivity contribution in [3.8, 4) is 0 Å². The number of rotatable bonds is 0. The van der Waals surface area contributed by atoms with Crippen LogP contribution in [0.1, 0.15) is 0 Å². The number of halogens is 1. The van der Waals surface area contributed by atoms with Crippen LogP contribution in [0, 0.1) is 0 Å². The van der Waals surface area contributed by atoms with Gasteiger partial charge in [0.1, 0.15) is 0 Å². The largest absolute Gasteiger partial charge is 0.750 e. The maximum Gasteiger partial charge on any atom is 0.0814 e. The lowest BCUT2D eigenvalue weighted by atomic mass is 10.5. The Morgan fingerprint density at radius 3 is 1.12 bits per heavy atom. The molecule has 0 radical (unpaired) electrons. The van der Waals surface area contributed by atoms with Crippen LogP contribution in [0.2, 0.25) is 0 Å². The van der Waals surface area contributed by atoms with Crippen molar-refractivity contribution in [3.05, 3.63) is 61.2 Å². The van der Waals surface area contributed by atoms with Crippen LogP contribution in [0.3, 0.4) is 0 Å². The Kier molecular flexibility index (Phi) is 15.6. The van der Waals surface area contributed by atoms with E-state index < -0.39 is 11.4 Å². The maximum absolute atomic E-state index is 8.56. The van der Waals surface area contributed by atoms with Crippen molar-refractivity contribution >= 4 is 23.8 Å². The lowest BCUT2D eigenvalue weighted by molar-refractivity contribution is 0.436. The second-order valence-corrected chi connectivity index (χ2v) is 2.70. The number of pyridine rings is 2. The Hall–Kier alpha value is -1.34. The van der Waals surface area contributed by atoms with Crippen molar-refractivity contribution in [3.63, 3.8) is 0 Å². The van der Waals surface area contributed by atoms with Crippen LogP contribution in [-0.4, -0.2) is 23.3 Å². The lowest BCUT2D eigenvalue weighted by Crippen LogP contribution is -1.75. The molecular weight excluding hydrogens is 264 g/mol. The molecule has 0 saturated heterocycles. The first-order valence-corrected chi connectivity index (χ1v) is 5.25. The zero-order valence-electron chi connectivity index (χ0n) is 8.75. The summed E-state index contributed by atoms with van der Waals surface area (Å²) in [5, 5.41) is 0. The number of nitrogens with zero attached hydrogens (tertiary/aromatic N) is 2. The van der Waals surface area contributed by atoms with Crippen LogP contribution >= 0.6 is 12.4 Å². The van der Waals surface area contributed by atoms with Crippen molar-refractivity contribution in [2.24, 2.45) is 0 Å². The Balaban J connectivity index is 0. The van der Waals surface area contributed by atoms with E-state index in [2.05, 4.69) is 9.97 Å². The molecule has 7 heteroatoms. The highest BCUT2D eigenvalue weighted by Gasteiger charge is 1.59. The molecule has 0 fully saturated rings. The van der Waals surface area contributed by atoms with E-state index in [1.807, 2.05) is 36.4 Å². The smallest absolute Gasteiger partial charge is 0.0814 e. The van der Waals surface area contributed by atoms with Gasteiger partial charge in [0.15, 0.2) is 0 Å². The van der Waals surface area contributed by atoms with Crippen LogP contribution in [0.4, 0.5) is 0 Å². The van der Waals surface area contributed by atoms with Gasteiger partial charge in [-0.25, -0.2) is 4.21 Å². The lowest BCUT2D eigenvalue weighted by Gasteiger charge is -1.83. The van der Waals surface area contributed by atoms with Crippen LogP contribution in [0.15, 0.2) is 61.2 Å². The fourth-order valence-corrected chi connectivity index (χ4v) is 0.625. The van der Waals surface area contributed by atoms with E-state index in [1.165, 1.54) is 0 Å². The molecule has 1 atom stereocenters. The molecule has 2 heterocycles. The van der Waals surface area contributed by atoms with Gasteiger partial charge in [-0.15, -0.1) is 12.4 Å². The average molecular weight is 276 g/mol. The summed E-state index contributed by atoms with van der Waals surface area (Å²) in [6, 6.07) is 11.4. The number of hydrogen-bond acceptors (Lipinski definition) is 4. The standard InChI is InChI=1S/2C5H5N.ClH.H2O3S/c2*1-2-4-6-5-3-1;;1-4(2)3/h2*1-5H;1H;(H2,1,2,3)/p-1. The molecule has 2 rings (SSSR count). The topological polar surface area (TPSA) is 86.1 Å². The average Bonchev–Trinajstić information content (AvgIpc) is 2.34. The summed E-state index contributed by atoms with van der Waals surface area (Å²) >= 11 is -2.86. The van der Waals surface area contributed by atoms with Crippen LogP contribution in [0.25, 0.3) is 0 Å². The van der Waals surface area contributed by atoms with Crippen molar-refractivity contribution in [2.45, 2.75) is 0 Å². The van der Waals surface area contributed by atoms with E-state index in [4.69, 9.17) is 13.3 Å². The monoisotopic (exact) mass is 275 g/mol. The van der Waals surface area contributed by atoms with Gasteiger partial charge < -0.3 is 9.11 Å². The summed E-state index contributed by atoms with van der Waals surface area (Å²) in [6.45, 7) is 0. The molecule has 1 unspecified atom stereocenters. The Bertz CT molecular complexity index is 276. The fourth-order valence-electron chi connectivity index (χ4n) is 0.625. The van der Waals surface area contributed by atoms with Gasteiger partial charge in [-0.2, -0.15) is 0 Å². The summed E-state index contributed by atoms with van der Waals surface area (Å²) in [4.78, 5) is 7.57. The van der Waals surface area contributed by atoms with Crippen molar-refractivity contribution in [1.82, 2.24) is 9.97 Å². The van der Waals surface area contributed by atoms with Crippen LogP contribution in [-0.2, 0) is 11.4 Å². The first-order valence-electron chi connectivity index (χ1n) is 4.22. The van der Waals surface area contributed by atoms with Crippen molar-refractivity contribution in [2.75, 3.05) is 0 Å². The predicted octanol–water partition coefficient (Wildman–Crippen LogP) is 1.92. The summed E-state index contributed by atoms with van der Waals surface area (Å²) < 4.78 is 24.1. The molecule has 0 saturated carbocycles. The van der Waals surface area contributed by atoms with Crippen LogP contribution < -0.4 is 0 Å². The summed E-state index contributed by atoms with van der Waals surface area (Å²) in [5.41, 5.74) is 0. The highest BCUT2D eigenvalue weighted by Crippen LogP contribution is 1.74. The molecule has 2 aromatic heterocycles. The van der Waals surface area contributed by atoms with Gasteiger partial charge in [-0.05, 0) is 24.3 Å². The summed E-state index contributed by atoms with van der Waals surface area (Å²) in [6.07, 6.45) is 7.00. The molecular formula is C10H12ClN2O3S-. The number of aromatic nitrogens is 2. The quantitative estimate of drug-likeness (QED) is 0.742. The second kappa shape index (κ2) is 14.7. The van der Waals surface area contributed by atoms with E-state index >= 15 is 0 Å². The third-order valence-corrected chi connectivity index (χ3v) is 1.13. The van der Waals surface area contributed by atoms with E-state index in [0.29, 0.717) is 0 Å². The minimum Gasteiger partial charge on any atom is -0.750 e. The van der Waals surface area contributed by atoms with Gasteiger partial charge in [0.2, 0.25) is 0 Å². The van der Waals surface area contributed by atoms with E-state index in [1.54, 1.807) is 24.8 Å². The molecule has 0 aliphatic heterocycles. The molecule has 0 amide bonds. The van der Waals surface area contributed by atoms with Gasteiger partial charge in [0, 0.05) is 24.8 Å². The van der Waals surface area contributed by atoms with E-state index in [0.717, 1.165) is 0 Å². The molecule has 94 valence electrons. The van der Waals surface area contributed by atoms with Crippen molar-refractivity contribution < 1.29 is 13.3 Å². The summed E-state index contributed by atoms with van der Waals surface area (Å²) in [7, 11) is 0. The third-order valence-electron chi connectivity index (χ3n) is 1.13. The molecule has 5 nitrogen and oxygen atoms in total. The van der Waals surface area contributed by atoms with E-state index in [9.17, 15) is 0 Å². The zero-order valence-corrected chi connectivity index (χ0v) is 10.4. The molecule has 1 N–H and O–H groups in total. The van der Waals surface area contributed by atoms with Gasteiger partial charge in [-0.1, -0.05) is 12.1 Å². The van der Waals surface area contributed by atoms with Crippen molar-refractivity contribution in [1.29, 1.82) is 0 Å². The van der Waals surface area contributed by atoms with Crippen LogP contribution in [0.5, 0.6) is 0 Å². The molecule has 0 aromatic carbocycles. The summed E-state index contributed by atoms with van der Waals surface area (Å²) in [5.74, 6) is 0. The SMILES string of the molecule is Cl.O=S([O-])O.c1ccncc1.c1ccncc1. The fraction of sp³-hybridized carbons (Fsp3) is 0. The van der Waals surface area contributed by atoms with Gasteiger partial charge in [-0.3, -0.25) is 9.97 Å². The minimum absolute atomic E-state index is 0. The first-order chi connectivity index (χ1) is 7.73. The highest BCUT2D eigenvalue weighted by atomic mass is 35.5. The normalized spacial score (nSPS) is 9.29. The van der Waals surface area contributed by atoms with Gasteiger partial charge >= 0.3 is 0 Å². The third kappa shape index (κ3) is 20.7. The first kappa shape index (κ1) is 18.0. The molecule has 0 aliphatic rings. The Morgan fingerprint density at radius 2 is 1.06 bits per heavy atom. The van der Waals surface area contributed by atoms with Gasteiger partial charge in [0.05, 0.1) is 11.4 Å². The number of hydrogen-bond donors (Lipinski definition) is 1. The van der Waals surface area contributed by atoms with E-state index in [-0.39, 0.29) is 12.4 Å². The predicted molar refractivity (Wildman–Crippen MR) is 67.3 cm³/mol. The molecule has 2 aromatic rings. The second-order valence-electron chi connectivity index (χ2n) is 2.27. The molecule has 0 bridgehead atoms. The minimum atomic E-state index is -2.86. The zero-order chi connectivity index (χ0) is 12.1. The Labute approximate surface area is 108 Å². The molecule has 0 aliphatic carbocycles.